The van der Waals surface area contributed by atoms with Gasteiger partial charge in [-0.25, -0.2) is 4.79 Å². The monoisotopic (exact) mass is 389 g/mol. The Balaban J connectivity index is 1.40. The van der Waals surface area contributed by atoms with E-state index in [1.165, 1.54) is 11.4 Å². The molecule has 7 heteroatoms. The van der Waals surface area contributed by atoms with Crippen molar-refractivity contribution in [3.05, 3.63) is 24.3 Å². The number of nitrogens with zero attached hydrogens (tertiary/aromatic N) is 4. The summed E-state index contributed by atoms with van der Waals surface area (Å²) in [5, 5.41) is 3.07. The van der Waals surface area contributed by atoms with Gasteiger partial charge in [0, 0.05) is 76.8 Å². The van der Waals surface area contributed by atoms with Gasteiger partial charge in [-0.1, -0.05) is 0 Å². The van der Waals surface area contributed by atoms with Crippen LogP contribution in [-0.4, -0.2) is 94.5 Å². The highest BCUT2D eigenvalue weighted by molar-refractivity contribution is 5.74. The Hall–Kier alpha value is -1.99. The van der Waals surface area contributed by atoms with Crippen LogP contribution in [0.3, 0.4) is 0 Å². The maximum absolute atomic E-state index is 12.4. The van der Waals surface area contributed by atoms with Crippen LogP contribution in [0.2, 0.25) is 0 Å². The molecule has 2 aliphatic heterocycles. The van der Waals surface area contributed by atoms with Crippen molar-refractivity contribution >= 4 is 17.4 Å². The van der Waals surface area contributed by atoms with Crippen LogP contribution < -0.4 is 15.1 Å². The normalized spacial score (nSPS) is 18.2. The Bertz CT molecular complexity index is 591. The minimum absolute atomic E-state index is 0.0600. The zero-order valence-corrected chi connectivity index (χ0v) is 17.4. The van der Waals surface area contributed by atoms with Gasteiger partial charge < -0.3 is 24.8 Å². The Morgan fingerprint density at radius 2 is 1.64 bits per heavy atom. The SMILES string of the molecule is CCN(CC)c1ccc(N2CCN(C(=O)NCCN3CCOCC3)CC2)cc1. The molecule has 0 bridgehead atoms. The standard InChI is InChI=1S/C21H35N5O2/c1-3-24(4-2)19-5-7-20(8-6-19)25-11-13-26(14-12-25)21(27)22-9-10-23-15-17-28-18-16-23/h5-8H,3-4,9-18H2,1-2H3,(H,22,27). The lowest BCUT2D eigenvalue weighted by atomic mass is 10.2. The molecule has 0 radical (unpaired) electrons. The molecular formula is C21H35N5O2. The number of nitrogens with one attached hydrogen (secondary N) is 1. The summed E-state index contributed by atoms with van der Waals surface area (Å²) in [6.45, 7) is 14.8. The molecule has 28 heavy (non-hydrogen) atoms. The fourth-order valence-corrected chi connectivity index (χ4v) is 3.89. The summed E-state index contributed by atoms with van der Waals surface area (Å²) in [5.74, 6) is 0. The van der Waals surface area contributed by atoms with E-state index < -0.39 is 0 Å². The molecular weight excluding hydrogens is 354 g/mol. The number of benzene rings is 1. The van der Waals surface area contributed by atoms with Gasteiger partial charge in [-0.2, -0.15) is 0 Å². The van der Waals surface area contributed by atoms with E-state index in [9.17, 15) is 4.79 Å². The second-order valence-corrected chi connectivity index (χ2v) is 7.35. The first-order valence-electron chi connectivity index (χ1n) is 10.6. The molecule has 3 rings (SSSR count). The Morgan fingerprint density at radius 3 is 2.25 bits per heavy atom. The van der Waals surface area contributed by atoms with Crippen LogP contribution in [0.4, 0.5) is 16.2 Å². The molecule has 2 saturated heterocycles. The van der Waals surface area contributed by atoms with Gasteiger partial charge in [0.25, 0.3) is 0 Å². The van der Waals surface area contributed by atoms with Crippen LogP contribution in [0.1, 0.15) is 13.8 Å². The summed E-state index contributed by atoms with van der Waals surface area (Å²) in [7, 11) is 0. The van der Waals surface area contributed by atoms with Gasteiger partial charge in [0.15, 0.2) is 0 Å². The molecule has 0 saturated carbocycles. The highest BCUT2D eigenvalue weighted by Gasteiger charge is 2.21. The second kappa shape index (κ2) is 10.5. The second-order valence-electron chi connectivity index (χ2n) is 7.35. The minimum Gasteiger partial charge on any atom is -0.379 e. The number of hydrogen-bond acceptors (Lipinski definition) is 5. The highest BCUT2D eigenvalue weighted by Crippen LogP contribution is 2.21. The molecule has 2 heterocycles. The quantitative estimate of drug-likeness (QED) is 0.769. The van der Waals surface area contributed by atoms with E-state index in [0.29, 0.717) is 6.54 Å². The van der Waals surface area contributed by atoms with Gasteiger partial charge in [-0.15, -0.1) is 0 Å². The largest absolute Gasteiger partial charge is 0.379 e. The average Bonchev–Trinajstić information content (AvgIpc) is 2.76. The zero-order chi connectivity index (χ0) is 19.8. The van der Waals surface area contributed by atoms with Crippen molar-refractivity contribution in [2.45, 2.75) is 13.8 Å². The summed E-state index contributed by atoms with van der Waals surface area (Å²) in [6, 6.07) is 8.86. The predicted octanol–water partition coefficient (Wildman–Crippen LogP) is 1.70. The number of hydrogen-bond donors (Lipinski definition) is 1. The number of ether oxygens (including phenoxy) is 1. The lowest BCUT2D eigenvalue weighted by Gasteiger charge is -2.36. The van der Waals surface area contributed by atoms with Crippen LogP contribution in [0.15, 0.2) is 24.3 Å². The summed E-state index contributed by atoms with van der Waals surface area (Å²) in [4.78, 5) is 21.4. The van der Waals surface area contributed by atoms with Gasteiger partial charge in [0.1, 0.15) is 0 Å². The molecule has 2 aliphatic rings. The van der Waals surface area contributed by atoms with Gasteiger partial charge in [0.05, 0.1) is 13.2 Å². The van der Waals surface area contributed by atoms with Crippen molar-refractivity contribution in [3.8, 4) is 0 Å². The summed E-state index contributed by atoms with van der Waals surface area (Å²) < 4.78 is 5.35. The van der Waals surface area contributed by atoms with Crippen LogP contribution in [0.5, 0.6) is 0 Å². The van der Waals surface area contributed by atoms with Crippen molar-refractivity contribution in [3.63, 3.8) is 0 Å². The zero-order valence-electron chi connectivity index (χ0n) is 17.4. The summed E-state index contributed by atoms with van der Waals surface area (Å²) in [6.07, 6.45) is 0. The fourth-order valence-electron chi connectivity index (χ4n) is 3.89. The first-order valence-corrected chi connectivity index (χ1v) is 10.6. The maximum Gasteiger partial charge on any atom is 0.317 e. The number of anilines is 2. The van der Waals surface area contributed by atoms with Crippen molar-refractivity contribution in [1.82, 2.24) is 15.1 Å². The minimum atomic E-state index is 0.0600. The number of carbonyl (C=O) groups excluding carboxylic acids is 1. The number of rotatable bonds is 7. The van der Waals surface area contributed by atoms with Gasteiger partial charge in [0.2, 0.25) is 0 Å². The third kappa shape index (κ3) is 5.52. The molecule has 1 aromatic carbocycles. The van der Waals surface area contributed by atoms with Crippen LogP contribution >= 0.6 is 0 Å². The lowest BCUT2D eigenvalue weighted by Crippen LogP contribution is -2.52. The van der Waals surface area contributed by atoms with E-state index in [-0.39, 0.29) is 6.03 Å². The van der Waals surface area contributed by atoms with E-state index in [1.54, 1.807) is 0 Å². The maximum atomic E-state index is 12.4. The molecule has 2 fully saturated rings. The van der Waals surface area contributed by atoms with E-state index in [4.69, 9.17) is 4.74 Å². The van der Waals surface area contributed by atoms with E-state index >= 15 is 0 Å². The van der Waals surface area contributed by atoms with Crippen molar-refractivity contribution < 1.29 is 9.53 Å². The molecule has 0 unspecified atom stereocenters. The summed E-state index contributed by atoms with van der Waals surface area (Å²) in [5.41, 5.74) is 2.51. The molecule has 0 atom stereocenters. The van der Waals surface area contributed by atoms with Crippen LogP contribution in [0, 0.1) is 0 Å². The first-order chi connectivity index (χ1) is 13.7. The van der Waals surface area contributed by atoms with Gasteiger partial charge in [-0.3, -0.25) is 4.90 Å². The fraction of sp³-hybridized carbons (Fsp3) is 0.667. The topological polar surface area (TPSA) is 51.3 Å². The summed E-state index contributed by atoms with van der Waals surface area (Å²) >= 11 is 0. The van der Waals surface area contributed by atoms with E-state index in [0.717, 1.165) is 72.1 Å². The number of morpholine rings is 1. The number of carbonyl (C=O) groups is 1. The molecule has 0 aliphatic carbocycles. The molecule has 2 amide bonds. The third-order valence-corrected chi connectivity index (χ3v) is 5.72. The van der Waals surface area contributed by atoms with E-state index in [2.05, 4.69) is 58.1 Å². The van der Waals surface area contributed by atoms with Crippen LogP contribution in [0.25, 0.3) is 0 Å². The predicted molar refractivity (Wildman–Crippen MR) is 114 cm³/mol. The Morgan fingerprint density at radius 1 is 1.00 bits per heavy atom. The first kappa shape index (κ1) is 20.7. The van der Waals surface area contributed by atoms with Crippen molar-refractivity contribution in [2.75, 3.05) is 88.5 Å². The molecule has 156 valence electrons. The Kier molecular flexibility index (Phi) is 7.80. The van der Waals surface area contributed by atoms with Crippen molar-refractivity contribution in [2.24, 2.45) is 0 Å². The third-order valence-electron chi connectivity index (χ3n) is 5.72. The number of amides is 2. The number of piperazine rings is 1. The lowest BCUT2D eigenvalue weighted by molar-refractivity contribution is 0.0386. The van der Waals surface area contributed by atoms with Gasteiger partial charge in [-0.05, 0) is 38.1 Å². The van der Waals surface area contributed by atoms with Crippen molar-refractivity contribution in [1.29, 1.82) is 0 Å². The molecule has 1 N–H and O–H groups in total. The van der Waals surface area contributed by atoms with Gasteiger partial charge >= 0.3 is 6.03 Å². The average molecular weight is 390 g/mol. The molecule has 0 aromatic heterocycles. The smallest absolute Gasteiger partial charge is 0.317 e. The molecule has 0 spiro atoms. The van der Waals surface area contributed by atoms with E-state index in [1.807, 2.05) is 4.90 Å². The highest BCUT2D eigenvalue weighted by atomic mass is 16.5. The molecule has 1 aromatic rings. The molecule has 7 nitrogen and oxygen atoms in total. The Labute approximate surface area is 169 Å². The van der Waals surface area contributed by atoms with Crippen LogP contribution in [-0.2, 0) is 4.74 Å². The number of urea groups is 1.